The number of hydrogen-bond acceptors (Lipinski definition) is 5. The zero-order valence-electron chi connectivity index (χ0n) is 9.13. The standard InChI is InChI=1S/C10H15NO4S/c1-2-15-10(12)5-9(6-11(13)14)8-3-4-16-7-8/h3-4,8-9H,2,5-7H2,1H3. The van der Waals surface area contributed by atoms with Crippen molar-refractivity contribution in [3.05, 3.63) is 21.6 Å². The Morgan fingerprint density at radius 1 is 1.75 bits per heavy atom. The molecule has 0 amide bonds. The third-order valence-corrected chi connectivity index (χ3v) is 3.36. The van der Waals surface area contributed by atoms with E-state index < -0.39 is 0 Å². The van der Waals surface area contributed by atoms with Gasteiger partial charge < -0.3 is 4.74 Å². The van der Waals surface area contributed by atoms with E-state index in [0.717, 1.165) is 5.75 Å². The SMILES string of the molecule is CCOC(=O)CC(C[N+](=O)[O-])C1C=CSC1. The molecule has 0 aromatic carbocycles. The average Bonchev–Trinajstić information content (AvgIpc) is 2.68. The van der Waals surface area contributed by atoms with Crippen molar-refractivity contribution in [3.8, 4) is 0 Å². The predicted molar refractivity (Wildman–Crippen MR) is 61.7 cm³/mol. The summed E-state index contributed by atoms with van der Waals surface area (Å²) in [7, 11) is 0. The second kappa shape index (κ2) is 6.52. The largest absolute Gasteiger partial charge is 0.466 e. The summed E-state index contributed by atoms with van der Waals surface area (Å²) in [6.45, 7) is 1.87. The topological polar surface area (TPSA) is 69.4 Å². The molecule has 0 radical (unpaired) electrons. The quantitative estimate of drug-likeness (QED) is 0.405. The maximum absolute atomic E-state index is 11.3. The average molecular weight is 245 g/mol. The summed E-state index contributed by atoms with van der Waals surface area (Å²) in [6, 6.07) is 0. The molecular weight excluding hydrogens is 230 g/mol. The first kappa shape index (κ1) is 13.0. The Kier molecular flexibility index (Phi) is 5.31. The van der Waals surface area contributed by atoms with E-state index in [1.54, 1.807) is 18.7 Å². The van der Waals surface area contributed by atoms with Gasteiger partial charge in [-0.15, -0.1) is 11.8 Å². The molecule has 0 aromatic heterocycles. The van der Waals surface area contributed by atoms with Gasteiger partial charge in [-0.05, 0) is 18.2 Å². The van der Waals surface area contributed by atoms with Crippen molar-refractivity contribution in [1.82, 2.24) is 0 Å². The first-order chi connectivity index (χ1) is 7.63. The van der Waals surface area contributed by atoms with Gasteiger partial charge in [0.1, 0.15) is 0 Å². The Morgan fingerprint density at radius 2 is 2.50 bits per heavy atom. The molecule has 90 valence electrons. The van der Waals surface area contributed by atoms with Crippen LogP contribution in [-0.4, -0.2) is 29.8 Å². The Hall–Kier alpha value is -1.04. The van der Waals surface area contributed by atoms with Crippen LogP contribution in [-0.2, 0) is 9.53 Å². The van der Waals surface area contributed by atoms with Crippen LogP contribution in [0.15, 0.2) is 11.5 Å². The Labute approximate surface area is 98.4 Å². The monoisotopic (exact) mass is 245 g/mol. The third kappa shape index (κ3) is 4.22. The second-order valence-corrected chi connectivity index (χ2v) is 4.55. The van der Waals surface area contributed by atoms with E-state index in [1.807, 2.05) is 11.5 Å². The minimum absolute atomic E-state index is 0.111. The molecule has 2 atom stereocenters. The van der Waals surface area contributed by atoms with E-state index in [2.05, 4.69) is 0 Å². The Balaban J connectivity index is 2.52. The lowest BCUT2D eigenvalue weighted by Crippen LogP contribution is -2.26. The molecule has 2 unspecified atom stereocenters. The summed E-state index contributed by atoms with van der Waals surface area (Å²) in [4.78, 5) is 21.5. The summed E-state index contributed by atoms with van der Waals surface area (Å²) in [6.07, 6.45) is 2.07. The summed E-state index contributed by atoms with van der Waals surface area (Å²) in [5, 5.41) is 12.5. The molecule has 5 nitrogen and oxygen atoms in total. The van der Waals surface area contributed by atoms with Crippen molar-refractivity contribution in [2.24, 2.45) is 11.8 Å². The molecular formula is C10H15NO4S. The van der Waals surface area contributed by atoms with Crippen LogP contribution in [0.2, 0.25) is 0 Å². The molecule has 1 rings (SSSR count). The molecule has 1 heterocycles. The van der Waals surface area contributed by atoms with Crippen LogP contribution < -0.4 is 0 Å². The number of nitro groups is 1. The molecule has 1 aliphatic rings. The first-order valence-corrected chi connectivity index (χ1v) is 6.24. The van der Waals surface area contributed by atoms with E-state index in [9.17, 15) is 14.9 Å². The van der Waals surface area contributed by atoms with Gasteiger partial charge in [0.15, 0.2) is 0 Å². The van der Waals surface area contributed by atoms with Gasteiger partial charge in [-0.3, -0.25) is 14.9 Å². The molecule has 0 aromatic rings. The van der Waals surface area contributed by atoms with E-state index in [0.29, 0.717) is 6.61 Å². The maximum Gasteiger partial charge on any atom is 0.306 e. The Bertz CT molecular complexity index is 293. The Morgan fingerprint density at radius 3 is 3.00 bits per heavy atom. The third-order valence-electron chi connectivity index (χ3n) is 2.43. The summed E-state index contributed by atoms with van der Waals surface area (Å²) in [5.74, 6) is 0.331. The van der Waals surface area contributed by atoms with Gasteiger partial charge in [0.2, 0.25) is 6.54 Å². The smallest absolute Gasteiger partial charge is 0.306 e. The fourth-order valence-corrected chi connectivity index (χ4v) is 2.68. The molecule has 0 saturated carbocycles. The van der Waals surface area contributed by atoms with E-state index in [-0.39, 0.29) is 35.7 Å². The van der Waals surface area contributed by atoms with E-state index in [1.165, 1.54) is 0 Å². The van der Waals surface area contributed by atoms with Gasteiger partial charge in [-0.1, -0.05) is 6.08 Å². The van der Waals surface area contributed by atoms with Gasteiger partial charge in [-0.2, -0.15) is 0 Å². The van der Waals surface area contributed by atoms with Gasteiger partial charge >= 0.3 is 5.97 Å². The van der Waals surface area contributed by atoms with Crippen molar-refractivity contribution in [2.45, 2.75) is 13.3 Å². The minimum atomic E-state index is -0.360. The van der Waals surface area contributed by atoms with E-state index >= 15 is 0 Å². The van der Waals surface area contributed by atoms with Gasteiger partial charge in [0, 0.05) is 16.6 Å². The van der Waals surface area contributed by atoms with Crippen LogP contribution in [0.5, 0.6) is 0 Å². The van der Waals surface area contributed by atoms with Crippen molar-refractivity contribution in [2.75, 3.05) is 18.9 Å². The summed E-state index contributed by atoms with van der Waals surface area (Å²) < 4.78 is 4.82. The van der Waals surface area contributed by atoms with Crippen LogP contribution in [0.4, 0.5) is 0 Å². The highest BCUT2D eigenvalue weighted by atomic mass is 32.2. The van der Waals surface area contributed by atoms with Crippen molar-refractivity contribution >= 4 is 17.7 Å². The lowest BCUT2D eigenvalue weighted by molar-refractivity contribution is -0.489. The van der Waals surface area contributed by atoms with Crippen LogP contribution in [0.25, 0.3) is 0 Å². The van der Waals surface area contributed by atoms with Gasteiger partial charge in [-0.25, -0.2) is 0 Å². The molecule has 0 saturated heterocycles. The van der Waals surface area contributed by atoms with Crippen molar-refractivity contribution < 1.29 is 14.5 Å². The summed E-state index contributed by atoms with van der Waals surface area (Å²) in [5.41, 5.74) is 0. The van der Waals surface area contributed by atoms with Crippen LogP contribution in [0, 0.1) is 22.0 Å². The second-order valence-electron chi connectivity index (χ2n) is 3.61. The highest BCUT2D eigenvalue weighted by Crippen LogP contribution is 2.29. The van der Waals surface area contributed by atoms with E-state index in [4.69, 9.17) is 4.74 Å². The lowest BCUT2D eigenvalue weighted by atomic mass is 9.91. The number of hydrogen-bond donors (Lipinski definition) is 0. The zero-order chi connectivity index (χ0) is 12.0. The van der Waals surface area contributed by atoms with Crippen molar-refractivity contribution in [3.63, 3.8) is 0 Å². The minimum Gasteiger partial charge on any atom is -0.466 e. The number of ether oxygens (including phenoxy) is 1. The molecule has 6 heteroatoms. The van der Waals surface area contributed by atoms with Crippen LogP contribution in [0.3, 0.4) is 0 Å². The number of esters is 1. The number of allylic oxidation sites excluding steroid dienone is 1. The van der Waals surface area contributed by atoms with Gasteiger partial charge in [0.05, 0.1) is 13.0 Å². The highest BCUT2D eigenvalue weighted by molar-refractivity contribution is 8.02. The number of nitrogens with zero attached hydrogens (tertiary/aromatic N) is 1. The maximum atomic E-state index is 11.3. The normalized spacial score (nSPS) is 20.7. The number of thioether (sulfide) groups is 1. The molecule has 1 aliphatic heterocycles. The molecule has 16 heavy (non-hydrogen) atoms. The van der Waals surface area contributed by atoms with Crippen LogP contribution in [0.1, 0.15) is 13.3 Å². The zero-order valence-corrected chi connectivity index (χ0v) is 9.94. The number of rotatable bonds is 6. The highest BCUT2D eigenvalue weighted by Gasteiger charge is 2.29. The first-order valence-electron chi connectivity index (χ1n) is 5.19. The number of carbonyl (C=O) groups is 1. The summed E-state index contributed by atoms with van der Waals surface area (Å²) >= 11 is 1.62. The molecule has 0 aliphatic carbocycles. The molecule has 0 fully saturated rings. The predicted octanol–water partition coefficient (Wildman–Crippen LogP) is 1.71. The van der Waals surface area contributed by atoms with Gasteiger partial charge in [0.25, 0.3) is 0 Å². The molecule has 0 N–H and O–H groups in total. The fraction of sp³-hybridized carbons (Fsp3) is 0.700. The molecule has 0 spiro atoms. The molecule has 0 bridgehead atoms. The van der Waals surface area contributed by atoms with Crippen LogP contribution >= 0.6 is 11.8 Å². The lowest BCUT2D eigenvalue weighted by Gasteiger charge is -2.16. The fourth-order valence-electron chi connectivity index (χ4n) is 1.65. The van der Waals surface area contributed by atoms with Crippen molar-refractivity contribution in [1.29, 1.82) is 0 Å². The number of carbonyl (C=O) groups excluding carboxylic acids is 1.